The number of aromatic nitrogens is 3. The molecule has 0 atom stereocenters. The molecule has 1 saturated carbocycles. The number of carbonyl (C=O) groups excluding carboxylic acids is 1. The van der Waals surface area contributed by atoms with Gasteiger partial charge in [0, 0.05) is 13.1 Å². The normalized spacial score (nSPS) is 15.9. The third-order valence-electron chi connectivity index (χ3n) is 3.88. The van der Waals surface area contributed by atoms with E-state index in [2.05, 4.69) is 15.5 Å². The molecule has 1 N–H and O–H groups in total. The van der Waals surface area contributed by atoms with E-state index in [0.29, 0.717) is 11.8 Å². The van der Waals surface area contributed by atoms with Crippen LogP contribution in [-0.4, -0.2) is 32.5 Å². The number of rotatable bonds is 5. The Hall–Kier alpha value is -1.34. The lowest BCUT2D eigenvalue weighted by molar-refractivity contribution is -0.119. The van der Waals surface area contributed by atoms with Crippen molar-refractivity contribution < 1.29 is 4.79 Å². The molecule has 1 aliphatic carbocycles. The summed E-state index contributed by atoms with van der Waals surface area (Å²) in [5.41, 5.74) is 0. The van der Waals surface area contributed by atoms with E-state index < -0.39 is 0 Å². The third-order valence-corrected chi connectivity index (χ3v) is 5.77. The molecule has 1 aliphatic rings. The zero-order valence-corrected chi connectivity index (χ0v) is 14.3. The molecule has 0 aromatic carbocycles. The monoisotopic (exact) mass is 336 g/mol. The molecule has 1 amide bonds. The zero-order valence-electron chi connectivity index (χ0n) is 12.6. The Labute approximate surface area is 138 Å². The number of thiophene rings is 1. The summed E-state index contributed by atoms with van der Waals surface area (Å²) in [6.45, 7) is 0. The van der Waals surface area contributed by atoms with Gasteiger partial charge in [-0.1, -0.05) is 37.1 Å². The molecular formula is C15H20N4OS2. The van der Waals surface area contributed by atoms with Gasteiger partial charge < -0.3 is 9.88 Å². The second kappa shape index (κ2) is 7.28. The lowest BCUT2D eigenvalue weighted by atomic mass is 9.95. The first kappa shape index (κ1) is 15.6. The van der Waals surface area contributed by atoms with E-state index in [1.54, 1.807) is 11.3 Å². The van der Waals surface area contributed by atoms with Crippen molar-refractivity contribution in [3.63, 3.8) is 0 Å². The number of amides is 1. The topological polar surface area (TPSA) is 59.8 Å². The molecule has 0 radical (unpaired) electrons. The Bertz CT molecular complexity index is 618. The first-order valence-corrected chi connectivity index (χ1v) is 9.46. The van der Waals surface area contributed by atoms with Gasteiger partial charge in [-0.3, -0.25) is 4.79 Å². The highest BCUT2D eigenvalue weighted by Crippen LogP contribution is 2.26. The summed E-state index contributed by atoms with van der Waals surface area (Å²) in [5.74, 6) is 1.34. The average molecular weight is 336 g/mol. The molecule has 2 heterocycles. The van der Waals surface area contributed by atoms with Gasteiger partial charge in [0.25, 0.3) is 0 Å². The molecule has 0 aliphatic heterocycles. The fourth-order valence-electron chi connectivity index (χ4n) is 2.71. The Morgan fingerprint density at radius 2 is 2.23 bits per heavy atom. The summed E-state index contributed by atoms with van der Waals surface area (Å²) >= 11 is 3.08. The highest BCUT2D eigenvalue weighted by molar-refractivity contribution is 7.99. The quantitative estimate of drug-likeness (QED) is 0.853. The maximum atomic E-state index is 12.0. The molecule has 3 rings (SSSR count). The molecule has 0 saturated heterocycles. The number of hydrogen-bond donors (Lipinski definition) is 1. The third kappa shape index (κ3) is 3.70. The van der Waals surface area contributed by atoms with Gasteiger partial charge >= 0.3 is 0 Å². The van der Waals surface area contributed by atoms with Crippen LogP contribution in [0.1, 0.15) is 32.1 Å². The molecule has 1 fully saturated rings. The molecule has 0 spiro atoms. The van der Waals surface area contributed by atoms with E-state index in [0.717, 1.165) is 28.7 Å². The summed E-state index contributed by atoms with van der Waals surface area (Å²) in [7, 11) is 1.94. The van der Waals surface area contributed by atoms with Crippen molar-refractivity contribution >= 4 is 29.0 Å². The number of thioether (sulfide) groups is 1. The van der Waals surface area contributed by atoms with E-state index in [4.69, 9.17) is 0 Å². The van der Waals surface area contributed by atoms with E-state index in [-0.39, 0.29) is 5.91 Å². The van der Waals surface area contributed by atoms with Gasteiger partial charge in [0.1, 0.15) is 0 Å². The van der Waals surface area contributed by atoms with Crippen molar-refractivity contribution in [3.8, 4) is 10.7 Å². The van der Waals surface area contributed by atoms with Crippen LogP contribution in [0.3, 0.4) is 0 Å². The summed E-state index contributed by atoms with van der Waals surface area (Å²) in [4.78, 5) is 13.1. The highest BCUT2D eigenvalue weighted by Gasteiger charge is 2.17. The van der Waals surface area contributed by atoms with Gasteiger partial charge in [-0.15, -0.1) is 21.5 Å². The minimum Gasteiger partial charge on any atom is -0.353 e. The molecule has 0 bridgehead atoms. The largest absolute Gasteiger partial charge is 0.353 e. The molecule has 5 nitrogen and oxygen atoms in total. The Morgan fingerprint density at radius 3 is 2.95 bits per heavy atom. The van der Waals surface area contributed by atoms with Gasteiger partial charge in [-0.25, -0.2) is 0 Å². The molecule has 2 aromatic heterocycles. The molecule has 0 unspecified atom stereocenters. The second-order valence-electron chi connectivity index (χ2n) is 5.53. The van der Waals surface area contributed by atoms with Crippen LogP contribution in [0.15, 0.2) is 22.7 Å². The van der Waals surface area contributed by atoms with Crippen LogP contribution in [0, 0.1) is 0 Å². The lowest BCUT2D eigenvalue weighted by Gasteiger charge is -2.22. The summed E-state index contributed by atoms with van der Waals surface area (Å²) in [6.07, 6.45) is 5.98. The minimum absolute atomic E-state index is 0.0950. The number of carbonyl (C=O) groups is 1. The van der Waals surface area contributed by atoms with E-state index in [9.17, 15) is 4.79 Å². The van der Waals surface area contributed by atoms with Crippen LogP contribution in [0.5, 0.6) is 0 Å². The fourth-order valence-corrected chi connectivity index (χ4v) is 4.17. The number of nitrogens with one attached hydrogen (secondary N) is 1. The predicted octanol–water partition coefficient (Wildman–Crippen LogP) is 3.08. The van der Waals surface area contributed by atoms with Crippen LogP contribution in [0.4, 0.5) is 0 Å². The van der Waals surface area contributed by atoms with E-state index in [1.165, 1.54) is 31.0 Å². The first-order chi connectivity index (χ1) is 10.7. The van der Waals surface area contributed by atoms with Crippen molar-refractivity contribution in [2.75, 3.05) is 5.75 Å². The van der Waals surface area contributed by atoms with Gasteiger partial charge in [0.15, 0.2) is 11.0 Å². The van der Waals surface area contributed by atoms with Crippen molar-refractivity contribution in [2.24, 2.45) is 7.05 Å². The minimum atomic E-state index is 0.0950. The van der Waals surface area contributed by atoms with Crippen LogP contribution in [0.25, 0.3) is 10.7 Å². The molecule has 22 heavy (non-hydrogen) atoms. The molecule has 118 valence electrons. The molecular weight excluding hydrogens is 316 g/mol. The van der Waals surface area contributed by atoms with Crippen LogP contribution < -0.4 is 5.32 Å². The maximum Gasteiger partial charge on any atom is 0.230 e. The van der Waals surface area contributed by atoms with Gasteiger partial charge in [0.05, 0.1) is 10.6 Å². The van der Waals surface area contributed by atoms with Crippen LogP contribution in [-0.2, 0) is 11.8 Å². The van der Waals surface area contributed by atoms with Gasteiger partial charge in [-0.05, 0) is 24.3 Å². The molecule has 7 heteroatoms. The summed E-state index contributed by atoms with van der Waals surface area (Å²) in [5, 5.41) is 14.3. The van der Waals surface area contributed by atoms with Crippen molar-refractivity contribution in [1.82, 2.24) is 20.1 Å². The van der Waals surface area contributed by atoms with Crippen LogP contribution >= 0.6 is 23.1 Å². The highest BCUT2D eigenvalue weighted by atomic mass is 32.2. The molecule has 2 aromatic rings. The Morgan fingerprint density at radius 1 is 1.41 bits per heavy atom. The lowest BCUT2D eigenvalue weighted by Crippen LogP contribution is -2.37. The SMILES string of the molecule is Cn1c(SCC(=O)NC2CCCCC2)nnc1-c1cccs1. The Balaban J connectivity index is 1.54. The van der Waals surface area contributed by atoms with E-state index >= 15 is 0 Å². The maximum absolute atomic E-state index is 12.0. The first-order valence-electron chi connectivity index (χ1n) is 7.59. The smallest absolute Gasteiger partial charge is 0.230 e. The fraction of sp³-hybridized carbons (Fsp3) is 0.533. The zero-order chi connectivity index (χ0) is 15.4. The van der Waals surface area contributed by atoms with Crippen LogP contribution in [0.2, 0.25) is 0 Å². The van der Waals surface area contributed by atoms with Gasteiger partial charge in [-0.2, -0.15) is 0 Å². The Kier molecular flexibility index (Phi) is 5.15. The summed E-state index contributed by atoms with van der Waals surface area (Å²) < 4.78 is 1.95. The number of hydrogen-bond acceptors (Lipinski definition) is 5. The van der Waals surface area contributed by atoms with Crippen molar-refractivity contribution in [2.45, 2.75) is 43.3 Å². The standard InChI is InChI=1S/C15H20N4OS2/c1-19-14(12-8-5-9-21-12)17-18-15(19)22-10-13(20)16-11-6-3-2-4-7-11/h5,8-9,11H,2-4,6-7,10H2,1H3,(H,16,20). The van der Waals surface area contributed by atoms with E-state index in [1.807, 2.05) is 29.1 Å². The van der Waals surface area contributed by atoms with Crippen molar-refractivity contribution in [3.05, 3.63) is 17.5 Å². The predicted molar refractivity (Wildman–Crippen MR) is 90.1 cm³/mol. The van der Waals surface area contributed by atoms with Gasteiger partial charge in [0.2, 0.25) is 5.91 Å². The number of nitrogens with zero attached hydrogens (tertiary/aromatic N) is 3. The van der Waals surface area contributed by atoms with Crippen molar-refractivity contribution in [1.29, 1.82) is 0 Å². The average Bonchev–Trinajstić information content (AvgIpc) is 3.16. The summed E-state index contributed by atoms with van der Waals surface area (Å²) in [6, 6.07) is 4.39. The second-order valence-corrected chi connectivity index (χ2v) is 7.42.